The maximum atomic E-state index is 12.6. The Morgan fingerprint density at radius 2 is 1.96 bits per heavy atom. The highest BCUT2D eigenvalue weighted by Gasteiger charge is 2.29. The number of rotatable bonds is 6. The van der Waals surface area contributed by atoms with Crippen LogP contribution < -0.4 is 4.74 Å². The predicted molar refractivity (Wildman–Crippen MR) is 105 cm³/mol. The topological polar surface area (TPSA) is 73.1 Å². The number of aromatic nitrogens is 4. The van der Waals surface area contributed by atoms with Crippen LogP contribution in [0, 0.1) is 0 Å². The van der Waals surface area contributed by atoms with Gasteiger partial charge in [-0.25, -0.2) is 0 Å². The first-order chi connectivity index (χ1) is 13.7. The average molecular weight is 377 g/mol. The number of hydrogen-bond donors (Lipinski definition) is 0. The van der Waals surface area contributed by atoms with Crippen LogP contribution in [-0.2, 0) is 11.3 Å². The first-order valence-corrected chi connectivity index (χ1v) is 9.53. The van der Waals surface area contributed by atoms with Crippen LogP contribution >= 0.6 is 0 Å². The van der Waals surface area contributed by atoms with Crippen molar-refractivity contribution < 1.29 is 9.53 Å². The molecule has 0 saturated heterocycles. The molecule has 7 nitrogen and oxygen atoms in total. The Labute approximate surface area is 164 Å². The third-order valence-electron chi connectivity index (χ3n) is 4.82. The molecule has 1 aliphatic rings. The summed E-state index contributed by atoms with van der Waals surface area (Å²) in [6, 6.07) is 15.5. The lowest BCUT2D eigenvalue weighted by molar-refractivity contribution is -0.133. The Kier molecular flexibility index (Phi) is 5.32. The van der Waals surface area contributed by atoms with Crippen LogP contribution in [0.3, 0.4) is 0 Å². The normalized spacial score (nSPS) is 15.9. The third kappa shape index (κ3) is 3.88. The Morgan fingerprint density at radius 1 is 1.14 bits per heavy atom. The molecule has 3 aromatic rings. The molecule has 3 heterocycles. The molecule has 0 bridgehead atoms. The van der Waals surface area contributed by atoms with E-state index in [9.17, 15) is 4.79 Å². The number of hydrogen-bond acceptors (Lipinski definition) is 5. The molecule has 4 rings (SSSR count). The summed E-state index contributed by atoms with van der Waals surface area (Å²) in [6.07, 6.45) is 2.89. The standard InChI is InChI=1S/C21H23N5O2/c1-16-14-25(20(27)11-7-13-28-17-8-3-2-4-9-17)15-19-23-24-21(26(16)19)18-10-5-6-12-22-18/h2-6,8-10,12,16H,7,11,13-15H2,1H3/t16-/m0/s1. The van der Waals surface area contributed by atoms with Crippen molar-refractivity contribution in [2.24, 2.45) is 0 Å². The van der Waals surface area contributed by atoms with Gasteiger partial charge in [0.2, 0.25) is 5.91 Å². The van der Waals surface area contributed by atoms with Gasteiger partial charge in [-0.2, -0.15) is 0 Å². The summed E-state index contributed by atoms with van der Waals surface area (Å²) in [7, 11) is 0. The highest BCUT2D eigenvalue weighted by atomic mass is 16.5. The highest BCUT2D eigenvalue weighted by Crippen LogP contribution is 2.26. The maximum absolute atomic E-state index is 12.6. The minimum Gasteiger partial charge on any atom is -0.494 e. The van der Waals surface area contributed by atoms with Crippen molar-refractivity contribution in [1.82, 2.24) is 24.6 Å². The van der Waals surface area contributed by atoms with E-state index in [1.54, 1.807) is 6.20 Å². The van der Waals surface area contributed by atoms with Crippen molar-refractivity contribution in [3.8, 4) is 17.3 Å². The zero-order chi connectivity index (χ0) is 19.3. The van der Waals surface area contributed by atoms with Crippen LogP contribution in [0.4, 0.5) is 0 Å². The van der Waals surface area contributed by atoms with E-state index in [1.807, 2.05) is 53.4 Å². The van der Waals surface area contributed by atoms with E-state index in [4.69, 9.17) is 4.74 Å². The second-order valence-electron chi connectivity index (χ2n) is 6.91. The number of para-hydroxylation sites is 1. The fourth-order valence-corrected chi connectivity index (χ4v) is 3.48. The molecule has 0 N–H and O–H groups in total. The Hall–Kier alpha value is -3.22. The fraction of sp³-hybridized carbons (Fsp3) is 0.333. The summed E-state index contributed by atoms with van der Waals surface area (Å²) in [6.45, 7) is 3.72. The SMILES string of the molecule is C[C@H]1CN(C(=O)CCCOc2ccccc2)Cc2nnc(-c3ccccn3)n21. The minimum atomic E-state index is 0.0975. The van der Waals surface area contributed by atoms with Gasteiger partial charge in [0.25, 0.3) is 0 Å². The zero-order valence-electron chi connectivity index (χ0n) is 15.9. The van der Waals surface area contributed by atoms with Gasteiger partial charge in [-0.3, -0.25) is 9.78 Å². The molecule has 1 aromatic carbocycles. The number of benzene rings is 1. The number of pyridine rings is 1. The van der Waals surface area contributed by atoms with Gasteiger partial charge in [0.15, 0.2) is 11.6 Å². The van der Waals surface area contributed by atoms with Gasteiger partial charge in [0.1, 0.15) is 11.4 Å². The molecule has 7 heteroatoms. The molecular formula is C21H23N5O2. The van der Waals surface area contributed by atoms with E-state index >= 15 is 0 Å². The molecule has 0 aliphatic carbocycles. The van der Waals surface area contributed by atoms with Crippen LogP contribution in [0.5, 0.6) is 5.75 Å². The van der Waals surface area contributed by atoms with Crippen molar-refractivity contribution in [3.05, 3.63) is 60.6 Å². The van der Waals surface area contributed by atoms with Gasteiger partial charge in [-0.15, -0.1) is 10.2 Å². The molecule has 144 valence electrons. The first-order valence-electron chi connectivity index (χ1n) is 9.53. The van der Waals surface area contributed by atoms with E-state index in [-0.39, 0.29) is 11.9 Å². The van der Waals surface area contributed by atoms with Crippen LogP contribution in [0.25, 0.3) is 11.5 Å². The number of carbonyl (C=O) groups is 1. The second-order valence-corrected chi connectivity index (χ2v) is 6.91. The summed E-state index contributed by atoms with van der Waals surface area (Å²) < 4.78 is 7.76. The fourth-order valence-electron chi connectivity index (χ4n) is 3.48. The summed E-state index contributed by atoms with van der Waals surface area (Å²) in [4.78, 5) is 18.9. The van der Waals surface area contributed by atoms with E-state index in [1.165, 1.54) is 0 Å². The molecule has 0 radical (unpaired) electrons. The quantitative estimate of drug-likeness (QED) is 0.617. The lowest BCUT2D eigenvalue weighted by Gasteiger charge is -2.32. The molecule has 2 aromatic heterocycles. The van der Waals surface area contributed by atoms with Crippen LogP contribution in [0.15, 0.2) is 54.7 Å². The van der Waals surface area contributed by atoms with Crippen LogP contribution in [0.2, 0.25) is 0 Å². The van der Waals surface area contributed by atoms with Crippen molar-refractivity contribution >= 4 is 5.91 Å². The first kappa shape index (κ1) is 18.2. The molecule has 0 spiro atoms. The smallest absolute Gasteiger partial charge is 0.223 e. The Balaban J connectivity index is 1.35. The van der Waals surface area contributed by atoms with E-state index in [0.717, 1.165) is 23.1 Å². The van der Waals surface area contributed by atoms with E-state index < -0.39 is 0 Å². The zero-order valence-corrected chi connectivity index (χ0v) is 15.9. The summed E-state index contributed by atoms with van der Waals surface area (Å²) in [5.74, 6) is 2.51. The summed E-state index contributed by atoms with van der Waals surface area (Å²) in [5, 5.41) is 8.62. The van der Waals surface area contributed by atoms with E-state index in [2.05, 4.69) is 26.7 Å². The largest absolute Gasteiger partial charge is 0.494 e. The molecule has 1 atom stereocenters. The van der Waals surface area contributed by atoms with Crippen LogP contribution in [-0.4, -0.2) is 43.7 Å². The third-order valence-corrected chi connectivity index (χ3v) is 4.82. The van der Waals surface area contributed by atoms with Crippen LogP contribution in [0.1, 0.15) is 31.6 Å². The molecule has 28 heavy (non-hydrogen) atoms. The molecule has 0 saturated carbocycles. The van der Waals surface area contributed by atoms with Crippen molar-refractivity contribution in [1.29, 1.82) is 0 Å². The Morgan fingerprint density at radius 3 is 2.75 bits per heavy atom. The number of ether oxygens (including phenoxy) is 1. The van der Waals surface area contributed by atoms with Gasteiger partial charge >= 0.3 is 0 Å². The predicted octanol–water partition coefficient (Wildman–Crippen LogP) is 3.10. The number of carbonyl (C=O) groups excluding carboxylic acids is 1. The van der Waals surface area contributed by atoms with Crippen molar-refractivity contribution in [3.63, 3.8) is 0 Å². The van der Waals surface area contributed by atoms with Gasteiger partial charge < -0.3 is 14.2 Å². The Bertz CT molecular complexity index is 926. The maximum Gasteiger partial charge on any atom is 0.223 e. The van der Waals surface area contributed by atoms with Gasteiger partial charge in [0.05, 0.1) is 19.2 Å². The molecule has 1 aliphatic heterocycles. The second kappa shape index (κ2) is 8.21. The lowest BCUT2D eigenvalue weighted by Crippen LogP contribution is -2.40. The summed E-state index contributed by atoms with van der Waals surface area (Å²) in [5.41, 5.74) is 0.797. The molecule has 1 amide bonds. The number of nitrogens with zero attached hydrogens (tertiary/aromatic N) is 5. The molecule has 0 unspecified atom stereocenters. The molecular weight excluding hydrogens is 354 g/mol. The van der Waals surface area contributed by atoms with Gasteiger partial charge in [-0.05, 0) is 37.6 Å². The van der Waals surface area contributed by atoms with Crippen molar-refractivity contribution in [2.75, 3.05) is 13.2 Å². The number of amides is 1. The summed E-state index contributed by atoms with van der Waals surface area (Å²) >= 11 is 0. The average Bonchev–Trinajstić information content (AvgIpc) is 3.17. The monoisotopic (exact) mass is 377 g/mol. The molecule has 0 fully saturated rings. The van der Waals surface area contributed by atoms with E-state index in [0.29, 0.717) is 32.5 Å². The number of fused-ring (bicyclic) bond motifs is 1. The van der Waals surface area contributed by atoms with Gasteiger partial charge in [0, 0.05) is 19.2 Å². The van der Waals surface area contributed by atoms with Crippen molar-refractivity contribution in [2.45, 2.75) is 32.4 Å². The minimum absolute atomic E-state index is 0.0975. The van der Waals surface area contributed by atoms with Gasteiger partial charge in [-0.1, -0.05) is 24.3 Å². The lowest BCUT2D eigenvalue weighted by atomic mass is 10.2. The highest BCUT2D eigenvalue weighted by molar-refractivity contribution is 5.76.